The van der Waals surface area contributed by atoms with E-state index in [9.17, 15) is 19.5 Å². The molecule has 28 heavy (non-hydrogen) atoms. The van der Waals surface area contributed by atoms with Gasteiger partial charge in [0.1, 0.15) is 6.54 Å². The molecule has 0 bridgehead atoms. The van der Waals surface area contributed by atoms with Gasteiger partial charge in [-0.2, -0.15) is 0 Å². The second kappa shape index (κ2) is 16.3. The van der Waals surface area contributed by atoms with Gasteiger partial charge in [0, 0.05) is 0 Å². The first-order valence-corrected chi connectivity index (χ1v) is 10.8. The predicted molar refractivity (Wildman–Crippen MR) is 106 cm³/mol. The Labute approximate surface area is 169 Å². The summed E-state index contributed by atoms with van der Waals surface area (Å²) in [4.78, 5) is 33.2. The molecule has 0 rings (SSSR count). The van der Waals surface area contributed by atoms with Crippen molar-refractivity contribution in [3.63, 3.8) is 0 Å². The Kier molecular flexibility index (Phi) is 15.4. The van der Waals surface area contributed by atoms with Gasteiger partial charge in [-0.15, -0.1) is 0 Å². The van der Waals surface area contributed by atoms with Crippen LogP contribution in [-0.2, 0) is 14.4 Å². The van der Waals surface area contributed by atoms with E-state index in [2.05, 4.69) is 6.92 Å². The monoisotopic (exact) mass is 401 g/mol. The number of carbonyl (C=O) groups excluding carboxylic acids is 1. The highest BCUT2D eigenvalue weighted by molar-refractivity contribution is 5.72. The number of aliphatic carboxylic acids is 3. The van der Waals surface area contributed by atoms with E-state index in [1.807, 2.05) is 0 Å². The van der Waals surface area contributed by atoms with Crippen LogP contribution in [0.15, 0.2) is 0 Å². The fourth-order valence-electron chi connectivity index (χ4n) is 3.72. The second-order valence-corrected chi connectivity index (χ2v) is 7.94. The number of hydrogen-bond donors (Lipinski definition) is 2. The van der Waals surface area contributed by atoms with Gasteiger partial charge in [0.05, 0.1) is 12.5 Å². The van der Waals surface area contributed by atoms with E-state index >= 15 is 0 Å². The third-order valence-corrected chi connectivity index (χ3v) is 5.14. The molecule has 0 aliphatic rings. The minimum atomic E-state index is -1.42. The van der Waals surface area contributed by atoms with E-state index < -0.39 is 42.0 Å². The highest BCUT2D eigenvalue weighted by Crippen LogP contribution is 2.14. The lowest BCUT2D eigenvalue weighted by Gasteiger charge is -2.36. The van der Waals surface area contributed by atoms with Crippen LogP contribution in [0.2, 0.25) is 0 Å². The average Bonchev–Trinajstić information content (AvgIpc) is 2.57. The van der Waals surface area contributed by atoms with Crippen molar-refractivity contribution in [3.05, 3.63) is 0 Å². The first-order chi connectivity index (χ1) is 13.3. The number of hydrogen-bond acceptors (Lipinski definition) is 4. The number of carboxylic acids is 3. The zero-order chi connectivity index (χ0) is 21.3. The molecular weight excluding hydrogens is 362 g/mol. The Morgan fingerprint density at radius 2 is 1.00 bits per heavy atom. The molecule has 0 fully saturated rings. The minimum Gasteiger partial charge on any atom is -0.544 e. The molecule has 0 atom stereocenters. The van der Waals surface area contributed by atoms with Gasteiger partial charge in [0.25, 0.3) is 0 Å². The molecule has 0 aromatic rings. The minimum absolute atomic E-state index is 0.227. The van der Waals surface area contributed by atoms with Crippen LogP contribution in [-0.4, -0.2) is 58.8 Å². The van der Waals surface area contributed by atoms with Crippen LogP contribution in [0.4, 0.5) is 0 Å². The maximum Gasteiger partial charge on any atom is 0.359 e. The predicted octanol–water partition coefficient (Wildman–Crippen LogP) is 2.81. The van der Waals surface area contributed by atoms with Gasteiger partial charge in [-0.25, -0.2) is 9.59 Å². The largest absolute Gasteiger partial charge is 0.544 e. The summed E-state index contributed by atoms with van der Waals surface area (Å²) in [6, 6.07) is 0. The number of unbranched alkanes of at least 4 members (excludes halogenated alkanes) is 12. The summed E-state index contributed by atoms with van der Waals surface area (Å²) < 4.78 is -0.495. The SMILES string of the molecule is CCCCCCCCCCCCCCC[N+](CC(=O)[O-])(CC(=O)O)CC(=O)O. The standard InChI is InChI=1S/C21H39NO6/c1-2-3-4-5-6-7-8-9-10-11-12-13-14-15-22(16-19(23)24,17-20(25)26)18-21(27)28/h2-18H2,1H3,(H2-,23,24,25,26,27,28). The van der Waals surface area contributed by atoms with Gasteiger partial charge in [-0.1, -0.05) is 77.6 Å². The number of quaternary nitrogens is 1. The summed E-state index contributed by atoms with van der Waals surface area (Å²) in [5.41, 5.74) is 0. The second-order valence-electron chi connectivity index (χ2n) is 7.94. The molecule has 0 unspecified atom stereocenters. The van der Waals surface area contributed by atoms with Crippen LogP contribution in [0.5, 0.6) is 0 Å². The molecule has 0 radical (unpaired) electrons. The number of rotatable bonds is 20. The summed E-state index contributed by atoms with van der Waals surface area (Å²) in [5, 5.41) is 29.1. The Morgan fingerprint density at radius 3 is 1.32 bits per heavy atom. The summed E-state index contributed by atoms with van der Waals surface area (Å²) in [7, 11) is 0. The lowest BCUT2D eigenvalue weighted by molar-refractivity contribution is -0.909. The molecular formula is C21H39NO6. The Hall–Kier alpha value is -1.63. The number of carbonyl (C=O) groups is 3. The van der Waals surface area contributed by atoms with Crippen LogP contribution in [0.3, 0.4) is 0 Å². The Balaban J connectivity index is 3.99. The molecule has 0 aromatic carbocycles. The molecule has 0 aliphatic carbocycles. The molecule has 0 spiro atoms. The van der Waals surface area contributed by atoms with Gasteiger partial charge < -0.3 is 24.6 Å². The van der Waals surface area contributed by atoms with Gasteiger partial charge in [0.2, 0.25) is 0 Å². The Bertz CT molecular complexity index is 411. The van der Waals surface area contributed by atoms with Crippen molar-refractivity contribution in [1.82, 2.24) is 0 Å². The van der Waals surface area contributed by atoms with E-state index in [1.54, 1.807) is 0 Å². The van der Waals surface area contributed by atoms with Crippen LogP contribution >= 0.6 is 0 Å². The first kappa shape index (κ1) is 26.4. The van der Waals surface area contributed by atoms with Crippen LogP contribution in [0.1, 0.15) is 90.4 Å². The lowest BCUT2D eigenvalue weighted by atomic mass is 10.0. The zero-order valence-electron chi connectivity index (χ0n) is 17.5. The quantitative estimate of drug-likeness (QED) is 0.239. The molecule has 7 nitrogen and oxygen atoms in total. The molecule has 7 heteroatoms. The third kappa shape index (κ3) is 15.4. The molecule has 0 saturated carbocycles. The van der Waals surface area contributed by atoms with Crippen molar-refractivity contribution in [1.29, 1.82) is 0 Å². The van der Waals surface area contributed by atoms with Gasteiger partial charge in [-0.3, -0.25) is 0 Å². The van der Waals surface area contributed by atoms with Crippen molar-refractivity contribution in [2.75, 3.05) is 26.2 Å². The van der Waals surface area contributed by atoms with Crippen LogP contribution < -0.4 is 5.11 Å². The molecule has 0 aliphatic heterocycles. The van der Waals surface area contributed by atoms with Crippen molar-refractivity contribution in [3.8, 4) is 0 Å². The maximum atomic E-state index is 11.1. The summed E-state index contributed by atoms with van der Waals surface area (Å²) in [5.74, 6) is -3.81. The fourth-order valence-corrected chi connectivity index (χ4v) is 3.72. The van der Waals surface area contributed by atoms with Crippen molar-refractivity contribution < 1.29 is 34.2 Å². The topological polar surface area (TPSA) is 115 Å². The van der Waals surface area contributed by atoms with E-state index in [0.717, 1.165) is 19.3 Å². The molecule has 0 aromatic heterocycles. The third-order valence-electron chi connectivity index (χ3n) is 5.14. The van der Waals surface area contributed by atoms with E-state index in [1.165, 1.54) is 57.8 Å². The van der Waals surface area contributed by atoms with Gasteiger partial charge in [0.15, 0.2) is 13.1 Å². The van der Waals surface area contributed by atoms with Crippen LogP contribution in [0.25, 0.3) is 0 Å². The molecule has 164 valence electrons. The van der Waals surface area contributed by atoms with Crippen molar-refractivity contribution >= 4 is 17.9 Å². The highest BCUT2D eigenvalue weighted by Gasteiger charge is 2.33. The van der Waals surface area contributed by atoms with Crippen molar-refractivity contribution in [2.45, 2.75) is 90.4 Å². The van der Waals surface area contributed by atoms with Crippen molar-refractivity contribution in [2.24, 2.45) is 0 Å². The first-order valence-electron chi connectivity index (χ1n) is 10.8. The van der Waals surface area contributed by atoms with E-state index in [4.69, 9.17) is 10.2 Å². The normalized spacial score (nSPS) is 11.5. The van der Waals surface area contributed by atoms with Gasteiger partial charge >= 0.3 is 11.9 Å². The van der Waals surface area contributed by atoms with Crippen LogP contribution in [0, 0.1) is 0 Å². The van der Waals surface area contributed by atoms with E-state index in [-0.39, 0.29) is 6.54 Å². The maximum absolute atomic E-state index is 11.1. The Morgan fingerprint density at radius 1 is 0.643 bits per heavy atom. The summed E-state index contributed by atoms with van der Waals surface area (Å²) >= 11 is 0. The van der Waals surface area contributed by atoms with Gasteiger partial charge in [-0.05, 0) is 12.8 Å². The zero-order valence-corrected chi connectivity index (χ0v) is 17.5. The molecule has 0 heterocycles. The fraction of sp³-hybridized carbons (Fsp3) is 0.857. The smallest absolute Gasteiger partial charge is 0.359 e. The highest BCUT2D eigenvalue weighted by atomic mass is 16.4. The number of nitrogens with zero attached hydrogens (tertiary/aromatic N) is 1. The van der Waals surface area contributed by atoms with E-state index in [0.29, 0.717) is 6.42 Å². The summed E-state index contributed by atoms with van der Waals surface area (Å²) in [6.07, 6.45) is 15.2. The molecule has 0 amide bonds. The summed E-state index contributed by atoms with van der Waals surface area (Å²) in [6.45, 7) is 0.832. The lowest BCUT2D eigenvalue weighted by Crippen LogP contribution is -2.59. The number of carboxylic acid groups (broad SMARTS) is 3. The average molecular weight is 402 g/mol. The molecule has 0 saturated heterocycles. The molecule has 2 N–H and O–H groups in total.